The summed E-state index contributed by atoms with van der Waals surface area (Å²) in [6, 6.07) is 0. The van der Waals surface area contributed by atoms with Gasteiger partial charge in [0.2, 0.25) is 11.8 Å². The maximum atomic E-state index is 11.1. The Morgan fingerprint density at radius 1 is 0.589 bits per heavy atom. The summed E-state index contributed by atoms with van der Waals surface area (Å²) in [6.45, 7) is 53.7. The Kier molecular flexibility index (Phi) is 50.4. The number of ketones is 1. The number of nitrogens with two attached hydrogens (primary N) is 1. The fraction of sp³-hybridized carbons (Fsp3) is 0.571. The minimum Gasteiger partial charge on any atom is -0.462 e. The zero-order chi connectivity index (χ0) is 70.2. The molecule has 5 aliphatic rings. The van der Waals surface area contributed by atoms with E-state index in [2.05, 4.69) is 92.8 Å². The molecule has 4 atom stereocenters. The van der Waals surface area contributed by atoms with Crippen LogP contribution in [0.25, 0.3) is 0 Å². The van der Waals surface area contributed by atoms with Gasteiger partial charge in [-0.1, -0.05) is 86.9 Å². The number of hydrogen-bond donors (Lipinski definition) is 3. The third-order valence-corrected chi connectivity index (χ3v) is 12.0. The lowest BCUT2D eigenvalue weighted by atomic mass is 9.84. The number of primary amides is 1. The van der Waals surface area contributed by atoms with Crippen molar-refractivity contribution in [1.29, 1.82) is 0 Å². The number of amides is 2. The predicted octanol–water partition coefficient (Wildman–Crippen LogP) is 6.75. The van der Waals surface area contributed by atoms with Gasteiger partial charge in [-0.25, -0.2) is 33.3 Å². The van der Waals surface area contributed by atoms with Gasteiger partial charge in [0.1, 0.15) is 51.3 Å². The first-order chi connectivity index (χ1) is 41.9. The quantitative estimate of drug-likeness (QED) is 0.0252. The molecule has 0 aromatic carbocycles. The van der Waals surface area contributed by atoms with Gasteiger partial charge in [-0.3, -0.25) is 18.9 Å². The predicted molar refractivity (Wildman–Crippen MR) is 336 cm³/mol. The summed E-state index contributed by atoms with van der Waals surface area (Å²) in [5.41, 5.74) is 6.24. The van der Waals surface area contributed by atoms with E-state index in [0.717, 1.165) is 38.0 Å². The van der Waals surface area contributed by atoms with Gasteiger partial charge in [0.15, 0.2) is 5.78 Å². The van der Waals surface area contributed by atoms with Crippen LogP contribution in [0.4, 0.5) is 0 Å². The summed E-state index contributed by atoms with van der Waals surface area (Å²) in [7, 11) is -1.15. The maximum absolute atomic E-state index is 11.1. The average Bonchev–Trinajstić information content (AvgIpc) is 2.50. The molecule has 5 fully saturated rings. The summed E-state index contributed by atoms with van der Waals surface area (Å²) < 4.78 is 68.5. The van der Waals surface area contributed by atoms with E-state index < -0.39 is 25.8 Å². The van der Waals surface area contributed by atoms with E-state index in [9.17, 15) is 47.7 Å². The number of carbonyl (C=O) groups excluding carboxylic acids is 9. The van der Waals surface area contributed by atoms with Crippen LogP contribution in [0.15, 0.2) is 112 Å². The van der Waals surface area contributed by atoms with Gasteiger partial charge >= 0.3 is 43.6 Å². The van der Waals surface area contributed by atoms with Crippen molar-refractivity contribution in [3.63, 3.8) is 0 Å². The molecular weight excluding hydrogens is 1200 g/mol. The van der Waals surface area contributed by atoms with Crippen LogP contribution in [0.1, 0.15) is 88.0 Å². The molecule has 0 aromatic rings. The lowest BCUT2D eigenvalue weighted by molar-refractivity contribution is -0.167. The second-order valence-corrected chi connectivity index (χ2v) is 22.4. The number of nitrogens with zero attached hydrogens (tertiary/aromatic N) is 1. The van der Waals surface area contributed by atoms with Crippen molar-refractivity contribution in [2.24, 2.45) is 28.4 Å². The van der Waals surface area contributed by atoms with Crippen molar-refractivity contribution < 1.29 is 114 Å². The number of phosphoric ester groups is 1. The highest BCUT2D eigenvalue weighted by atomic mass is 31.2. The SMILES string of the molecule is C=C(C)C(=O)OCC(C)OP(=O)(O)O.C=C(C)C(=O)OCC1(CC)COC1.C=C(C)C(=O)OCC1CCOC1.C=C(C)C(=O)OCC1CO1.C=CC(=O)CC(C)C.C=CC(=O)N(C)C.C=CC(=O)OCC1(CC)COC1.C=CC(=O)OCC1CO1.C=CC(N)=O. The number of esters is 6. The highest BCUT2D eigenvalue weighted by Crippen LogP contribution is 2.37. The fourth-order valence-electron chi connectivity index (χ4n) is 5.32. The van der Waals surface area contributed by atoms with Gasteiger partial charge < -0.3 is 72.5 Å². The van der Waals surface area contributed by atoms with Crippen LogP contribution in [-0.2, 0) is 104 Å². The average molecular weight is 1300 g/mol. The molecule has 4 unspecified atom stereocenters. The van der Waals surface area contributed by atoms with Crippen LogP contribution in [0, 0.1) is 22.7 Å². The maximum Gasteiger partial charge on any atom is 0.469 e. The Morgan fingerprint density at radius 2 is 0.978 bits per heavy atom. The molecular formula is C63H101N2O24P. The number of allylic oxidation sites excluding steroid dienone is 1. The van der Waals surface area contributed by atoms with Crippen molar-refractivity contribution in [1.82, 2.24) is 4.90 Å². The Morgan fingerprint density at radius 3 is 1.26 bits per heavy atom. The van der Waals surface area contributed by atoms with Crippen LogP contribution in [0.3, 0.4) is 0 Å². The second kappa shape index (κ2) is 50.7. The summed E-state index contributed by atoms with van der Waals surface area (Å²) in [6.07, 6.45) is 9.04. The summed E-state index contributed by atoms with van der Waals surface area (Å²) in [4.78, 5) is 113. The fourth-order valence-corrected chi connectivity index (χ4v) is 5.85. The van der Waals surface area contributed by atoms with Crippen LogP contribution < -0.4 is 5.73 Å². The van der Waals surface area contributed by atoms with Crippen molar-refractivity contribution >= 4 is 61.2 Å². The van der Waals surface area contributed by atoms with Crippen molar-refractivity contribution in [3.8, 4) is 0 Å². The van der Waals surface area contributed by atoms with Crippen LogP contribution in [-0.4, -0.2) is 193 Å². The largest absolute Gasteiger partial charge is 0.469 e. The molecule has 90 heavy (non-hydrogen) atoms. The Balaban J connectivity index is -0.000000468. The number of phosphoric acid groups is 1. The molecule has 0 radical (unpaired) electrons. The Hall–Kier alpha value is -7.00. The molecule has 5 aliphatic heterocycles. The topological polar surface area (TPSA) is 358 Å². The summed E-state index contributed by atoms with van der Waals surface area (Å²) in [5.74, 6) is -1.86. The standard InChI is InChI=1S/C10H16O3.2C9H14O3.C7H13O6P.C7H10O3.C7H12O.C6H8O3.C5H9NO.C3H5NO/c1-4-10(5-12-6-10)7-13-9(11)8(2)3;1-7(2)9(10)12-6-8-3-4-11-5-8;1-3-8(10)12-7-9(4-2)5-11-6-9;1-5(2)7(8)12-4-6(3)13-14(9,10)11;1-5(2)7(8)10-4-6-3-9-6;1-4-7(8)5-6(2)3;1-2-6(7)9-4-5-3-8-5;1-4-5(7)6(2)3;1-2-3(4)5/h2,4-7H2,1,3H3;8H,1,3-6H2,2H3;3H,1,4-7H2,2H3;6H,1,4H2,2-3H3,(H2,9,10,11);6H,1,3-4H2,2H3;4,6H,1,5H2,2-3H3;2,5H,1,3-4H2;4H,1H2,2-3H3;2H,1H2,(H2,4,5). The van der Waals surface area contributed by atoms with E-state index in [0.29, 0.717) is 114 Å². The van der Waals surface area contributed by atoms with Crippen molar-refractivity contribution in [3.05, 3.63) is 112 Å². The third-order valence-electron chi connectivity index (χ3n) is 11.4. The number of likely N-dealkylation sites (N-methyl/N-ethyl adjacent to an activating group) is 1. The van der Waals surface area contributed by atoms with Crippen molar-refractivity contribution in [2.45, 2.75) is 106 Å². The molecule has 0 spiro atoms. The normalized spacial score (nSPS) is 16.9. The summed E-state index contributed by atoms with van der Waals surface area (Å²) >= 11 is 0. The van der Waals surface area contributed by atoms with Crippen molar-refractivity contribution in [2.75, 3.05) is 107 Å². The van der Waals surface area contributed by atoms with E-state index in [1.165, 1.54) is 37.0 Å². The van der Waals surface area contributed by atoms with E-state index in [4.69, 9.17) is 52.4 Å². The second-order valence-electron chi connectivity index (χ2n) is 21.2. The summed E-state index contributed by atoms with van der Waals surface area (Å²) in [5, 5.41) is 0. The van der Waals surface area contributed by atoms with Gasteiger partial charge in [-0.15, -0.1) is 0 Å². The molecule has 5 heterocycles. The van der Waals surface area contributed by atoms with Gasteiger partial charge in [0.05, 0.1) is 63.7 Å². The van der Waals surface area contributed by atoms with E-state index in [1.807, 2.05) is 13.8 Å². The first kappa shape index (κ1) is 89.4. The minimum atomic E-state index is -4.52. The van der Waals surface area contributed by atoms with Gasteiger partial charge in [0.25, 0.3) is 0 Å². The molecule has 0 aromatic heterocycles. The highest BCUT2D eigenvalue weighted by Gasteiger charge is 2.39. The van der Waals surface area contributed by atoms with E-state index in [-0.39, 0.29) is 76.8 Å². The third kappa shape index (κ3) is 52.9. The van der Waals surface area contributed by atoms with Crippen LogP contribution in [0.5, 0.6) is 0 Å². The van der Waals surface area contributed by atoms with E-state index in [1.54, 1.807) is 34.9 Å². The van der Waals surface area contributed by atoms with E-state index >= 15 is 0 Å². The molecule has 0 saturated carbocycles. The zero-order valence-electron chi connectivity index (χ0n) is 54.7. The number of ether oxygens (including phenoxy) is 11. The lowest BCUT2D eigenvalue weighted by Crippen LogP contribution is -2.46. The molecule has 2 amide bonds. The number of carbonyl (C=O) groups is 9. The number of hydrogen-bond acceptors (Lipinski definition) is 22. The van der Waals surface area contributed by atoms with Crippen LogP contribution in [0.2, 0.25) is 0 Å². The molecule has 0 bridgehead atoms. The molecule has 512 valence electrons. The van der Waals surface area contributed by atoms with Gasteiger partial charge in [-0.2, -0.15) is 0 Å². The zero-order valence-corrected chi connectivity index (χ0v) is 55.6. The first-order valence-corrected chi connectivity index (χ1v) is 29.9. The Labute approximate surface area is 531 Å². The molecule has 5 saturated heterocycles. The molecule has 26 nitrogen and oxygen atoms in total. The minimum absolute atomic E-state index is 0.0556. The van der Waals surface area contributed by atoms with Gasteiger partial charge in [-0.05, 0) is 78.0 Å². The number of rotatable bonds is 27. The Bertz CT molecular complexity index is 2380. The molecule has 0 aliphatic carbocycles. The smallest absolute Gasteiger partial charge is 0.462 e. The highest BCUT2D eigenvalue weighted by molar-refractivity contribution is 7.46. The van der Waals surface area contributed by atoms with Crippen LogP contribution >= 0.6 is 7.82 Å². The molecule has 5 rings (SSSR count). The van der Waals surface area contributed by atoms with Gasteiger partial charge in [0, 0.05) is 67.5 Å². The molecule has 4 N–H and O–H groups in total. The molecule has 27 heteroatoms. The monoisotopic (exact) mass is 1300 g/mol. The lowest BCUT2D eigenvalue weighted by Gasteiger charge is -2.39. The first-order valence-electron chi connectivity index (χ1n) is 28.4. The number of epoxide rings is 2.